The summed E-state index contributed by atoms with van der Waals surface area (Å²) in [5.41, 5.74) is 0. The summed E-state index contributed by atoms with van der Waals surface area (Å²) >= 11 is 0. The SMILES string of the molecule is CC/C=C\C/C=C\C/C=C\C/C=C\CCCCCCCCCCC(=O)NC(COC1OC(CO)C(OC2OC(CO)C(O)C(O)C2O)C(O)C1O)C(O)/C=C/CC/C=C/CC/C=C/CCCCCCCCCCCCCCCCCCCCC. The monoisotopic (exact) mass is 1190 g/mol. The number of ether oxygens (including phenoxy) is 4. The van der Waals surface area contributed by atoms with Gasteiger partial charge in [0.05, 0.1) is 32.0 Å². The fraction of sp³-hybridized carbons (Fsp3) is 0.786. The number of carbonyl (C=O) groups excluding carboxylic acids is 1. The molecule has 0 aromatic carbocycles. The normalized spacial score (nSPS) is 24.2. The highest BCUT2D eigenvalue weighted by Crippen LogP contribution is 2.30. The van der Waals surface area contributed by atoms with Gasteiger partial charge in [-0.05, 0) is 83.5 Å². The molecule has 0 spiro atoms. The van der Waals surface area contributed by atoms with Crippen LogP contribution in [-0.4, -0.2) is 140 Å². The minimum Gasteiger partial charge on any atom is -0.394 e. The molecule has 0 radical (unpaired) electrons. The van der Waals surface area contributed by atoms with E-state index in [9.17, 15) is 45.6 Å². The maximum Gasteiger partial charge on any atom is 0.220 e. The molecule has 84 heavy (non-hydrogen) atoms. The fourth-order valence-corrected chi connectivity index (χ4v) is 10.7. The molecule has 0 aromatic heterocycles. The molecule has 2 aliphatic rings. The van der Waals surface area contributed by atoms with Crippen LogP contribution >= 0.6 is 0 Å². The number of rotatable bonds is 54. The number of hydrogen-bond acceptors (Lipinski definition) is 13. The first-order valence-corrected chi connectivity index (χ1v) is 33.8. The van der Waals surface area contributed by atoms with E-state index in [0.717, 1.165) is 83.5 Å². The number of carbonyl (C=O) groups is 1. The maximum atomic E-state index is 13.3. The molecule has 2 heterocycles. The Morgan fingerprint density at radius 2 is 0.833 bits per heavy atom. The molecule has 0 bridgehead atoms. The highest BCUT2D eigenvalue weighted by Gasteiger charge is 2.51. The average Bonchev–Trinajstić information content (AvgIpc) is 3.18. The summed E-state index contributed by atoms with van der Waals surface area (Å²) in [6.07, 6.45) is 57.8. The van der Waals surface area contributed by atoms with E-state index in [4.69, 9.17) is 18.9 Å². The van der Waals surface area contributed by atoms with Crippen LogP contribution in [0.5, 0.6) is 0 Å². The lowest BCUT2D eigenvalue weighted by atomic mass is 9.97. The Bertz CT molecular complexity index is 1730. The predicted octanol–water partition coefficient (Wildman–Crippen LogP) is 13.2. The second-order valence-electron chi connectivity index (χ2n) is 23.5. The molecule has 2 rings (SSSR count). The van der Waals surface area contributed by atoms with Crippen LogP contribution < -0.4 is 5.32 Å². The van der Waals surface area contributed by atoms with Gasteiger partial charge in [-0.2, -0.15) is 0 Å². The van der Waals surface area contributed by atoms with Crippen LogP contribution in [-0.2, 0) is 23.7 Å². The van der Waals surface area contributed by atoms with Gasteiger partial charge in [0.15, 0.2) is 12.6 Å². The van der Waals surface area contributed by atoms with Gasteiger partial charge in [0.2, 0.25) is 5.91 Å². The van der Waals surface area contributed by atoms with Crippen LogP contribution in [0.4, 0.5) is 0 Å². The summed E-state index contributed by atoms with van der Waals surface area (Å²) < 4.78 is 22.8. The molecule has 2 aliphatic heterocycles. The first kappa shape index (κ1) is 77.3. The zero-order chi connectivity index (χ0) is 60.9. The molecule has 12 atom stereocenters. The van der Waals surface area contributed by atoms with Gasteiger partial charge < -0.3 is 65.1 Å². The number of amides is 1. The third-order valence-electron chi connectivity index (χ3n) is 16.0. The average molecular weight is 1190 g/mol. The van der Waals surface area contributed by atoms with E-state index >= 15 is 0 Å². The van der Waals surface area contributed by atoms with Crippen molar-refractivity contribution in [3.63, 3.8) is 0 Å². The van der Waals surface area contributed by atoms with E-state index in [1.165, 1.54) is 141 Å². The third kappa shape index (κ3) is 38.4. The van der Waals surface area contributed by atoms with Gasteiger partial charge >= 0.3 is 0 Å². The Hall–Kier alpha value is -2.83. The van der Waals surface area contributed by atoms with Gasteiger partial charge in [0.1, 0.15) is 48.8 Å². The highest BCUT2D eigenvalue weighted by molar-refractivity contribution is 5.76. The van der Waals surface area contributed by atoms with Crippen molar-refractivity contribution in [2.24, 2.45) is 0 Å². The Balaban J connectivity index is 1.73. The Labute approximate surface area is 510 Å². The highest BCUT2D eigenvalue weighted by atomic mass is 16.7. The smallest absolute Gasteiger partial charge is 0.220 e. The van der Waals surface area contributed by atoms with Crippen molar-refractivity contribution >= 4 is 5.91 Å². The maximum absolute atomic E-state index is 13.3. The van der Waals surface area contributed by atoms with Crippen molar-refractivity contribution in [3.8, 4) is 0 Å². The van der Waals surface area contributed by atoms with Crippen LogP contribution in [0.15, 0.2) is 85.1 Å². The Morgan fingerprint density at radius 3 is 1.31 bits per heavy atom. The zero-order valence-electron chi connectivity index (χ0n) is 52.6. The molecule has 0 aliphatic carbocycles. The number of nitrogens with one attached hydrogen (secondary N) is 1. The molecule has 9 N–H and O–H groups in total. The topological polar surface area (TPSA) is 228 Å². The molecule has 2 fully saturated rings. The third-order valence-corrected chi connectivity index (χ3v) is 16.0. The molecule has 14 heteroatoms. The van der Waals surface area contributed by atoms with Crippen LogP contribution in [0, 0.1) is 0 Å². The standard InChI is InChI=1S/C70H123NO13/c1-3-5-7-9-11-13-15-17-19-21-23-25-26-27-28-29-30-31-32-34-35-37-39-41-43-45-47-49-51-53-59(74)58(57-81-69-67(80)65(78)68(61(56-73)83-69)84-70-66(79)64(77)63(76)60(55-72)82-70)71-62(75)54-52-50-48-46-44-42-40-38-36-33-24-22-20-18-16-14-12-10-8-6-4-2/h6,8,12,14,18,20,24,33,35,37,43,45,51,53,58-61,63-70,72-74,76-80H,3-5,7,9-11,13,15-17,19,21-23,25-32,34,36,38-42,44,46-50,52,54-57H2,1-2H3,(H,71,75)/b8-6-,14-12-,20-18-,33-24-,37-35+,45-43+,53-51+. The van der Waals surface area contributed by atoms with Crippen molar-refractivity contribution in [2.45, 2.75) is 331 Å². The molecular formula is C70H123NO13. The Morgan fingerprint density at radius 1 is 0.440 bits per heavy atom. The minimum atomic E-state index is -1.80. The summed E-state index contributed by atoms with van der Waals surface area (Å²) in [6.45, 7) is 2.67. The number of allylic oxidation sites excluding steroid dienone is 13. The summed E-state index contributed by atoms with van der Waals surface area (Å²) in [4.78, 5) is 13.3. The molecule has 14 nitrogen and oxygen atoms in total. The molecule has 2 saturated heterocycles. The van der Waals surface area contributed by atoms with E-state index in [1.807, 2.05) is 6.08 Å². The largest absolute Gasteiger partial charge is 0.394 e. The summed E-state index contributed by atoms with van der Waals surface area (Å²) in [5, 5.41) is 87.3. The van der Waals surface area contributed by atoms with E-state index in [1.54, 1.807) is 6.08 Å². The van der Waals surface area contributed by atoms with Crippen molar-refractivity contribution < 1.29 is 64.6 Å². The fourth-order valence-electron chi connectivity index (χ4n) is 10.7. The van der Waals surface area contributed by atoms with Gasteiger partial charge in [0.25, 0.3) is 0 Å². The molecule has 1 amide bonds. The van der Waals surface area contributed by atoms with E-state index in [2.05, 4.69) is 92.1 Å². The van der Waals surface area contributed by atoms with Crippen LogP contribution in [0.1, 0.15) is 258 Å². The number of aliphatic hydroxyl groups excluding tert-OH is 8. The molecular weight excluding hydrogens is 1060 g/mol. The Kier molecular flexibility index (Phi) is 50.0. The van der Waals surface area contributed by atoms with Gasteiger partial charge in [-0.15, -0.1) is 0 Å². The first-order valence-electron chi connectivity index (χ1n) is 33.8. The lowest BCUT2D eigenvalue weighted by Crippen LogP contribution is -2.65. The molecule has 486 valence electrons. The van der Waals surface area contributed by atoms with Crippen molar-refractivity contribution in [3.05, 3.63) is 85.1 Å². The van der Waals surface area contributed by atoms with Crippen LogP contribution in [0.3, 0.4) is 0 Å². The second-order valence-corrected chi connectivity index (χ2v) is 23.5. The number of unbranched alkanes of at least 4 members (excludes halogenated alkanes) is 29. The van der Waals surface area contributed by atoms with Crippen molar-refractivity contribution in [1.29, 1.82) is 0 Å². The predicted molar refractivity (Wildman–Crippen MR) is 341 cm³/mol. The minimum absolute atomic E-state index is 0.256. The van der Waals surface area contributed by atoms with Crippen molar-refractivity contribution in [1.82, 2.24) is 5.32 Å². The zero-order valence-corrected chi connectivity index (χ0v) is 52.6. The summed E-state index contributed by atoms with van der Waals surface area (Å²) in [6, 6.07) is -0.949. The molecule has 12 unspecified atom stereocenters. The van der Waals surface area contributed by atoms with E-state index < -0.39 is 86.8 Å². The van der Waals surface area contributed by atoms with Gasteiger partial charge in [0, 0.05) is 6.42 Å². The van der Waals surface area contributed by atoms with Crippen molar-refractivity contribution in [2.75, 3.05) is 19.8 Å². The van der Waals surface area contributed by atoms with Gasteiger partial charge in [-0.3, -0.25) is 4.79 Å². The number of aliphatic hydroxyl groups is 8. The lowest BCUT2D eigenvalue weighted by Gasteiger charge is -2.46. The van der Waals surface area contributed by atoms with Gasteiger partial charge in [-0.1, -0.05) is 253 Å². The van der Waals surface area contributed by atoms with E-state index in [0.29, 0.717) is 12.8 Å². The summed E-state index contributed by atoms with van der Waals surface area (Å²) in [5.74, 6) is -0.263. The number of hydrogen-bond donors (Lipinski definition) is 9. The quantitative estimate of drug-likeness (QED) is 0.0204. The van der Waals surface area contributed by atoms with Gasteiger partial charge in [-0.25, -0.2) is 0 Å². The first-order chi connectivity index (χ1) is 41.1. The second kappa shape index (κ2) is 54.3. The molecule has 0 aromatic rings. The van der Waals surface area contributed by atoms with Crippen LogP contribution in [0.2, 0.25) is 0 Å². The summed E-state index contributed by atoms with van der Waals surface area (Å²) in [7, 11) is 0. The molecule has 0 saturated carbocycles. The lowest BCUT2D eigenvalue weighted by molar-refractivity contribution is -0.359. The van der Waals surface area contributed by atoms with Crippen LogP contribution in [0.25, 0.3) is 0 Å². The van der Waals surface area contributed by atoms with E-state index in [-0.39, 0.29) is 18.9 Å².